The summed E-state index contributed by atoms with van der Waals surface area (Å²) in [6, 6.07) is 11.4. The number of carbonyl (C=O) groups excluding carboxylic acids is 1. The number of rotatable bonds is 7. The molecule has 0 spiro atoms. The Morgan fingerprint density at radius 3 is 2.78 bits per heavy atom. The van der Waals surface area contributed by atoms with E-state index in [2.05, 4.69) is 48.6 Å². The van der Waals surface area contributed by atoms with Gasteiger partial charge in [0.1, 0.15) is 6.67 Å². The maximum Gasteiger partial charge on any atom is 0.405 e. The van der Waals surface area contributed by atoms with E-state index in [-0.39, 0.29) is 12.5 Å². The minimum Gasteiger partial charge on any atom is -0.465 e. The summed E-state index contributed by atoms with van der Waals surface area (Å²) in [7, 11) is 2.01. The second-order valence-corrected chi connectivity index (χ2v) is 11.0. The largest absolute Gasteiger partial charge is 0.465 e. The Labute approximate surface area is 221 Å². The number of nitrogens with one attached hydrogen (secondary N) is 1. The van der Waals surface area contributed by atoms with Gasteiger partial charge in [0.2, 0.25) is 0 Å². The summed E-state index contributed by atoms with van der Waals surface area (Å²) < 4.78 is 18.8. The van der Waals surface area contributed by atoms with E-state index in [1.807, 2.05) is 25.2 Å². The first-order valence-corrected chi connectivity index (χ1v) is 13.2. The van der Waals surface area contributed by atoms with Gasteiger partial charge in [-0.25, -0.2) is 14.2 Å². The third-order valence-corrected chi connectivity index (χ3v) is 7.96. The lowest BCUT2D eigenvalue weighted by Crippen LogP contribution is -2.48. The first kappa shape index (κ1) is 24.0. The van der Waals surface area contributed by atoms with Crippen LogP contribution < -0.4 is 5.32 Å². The first-order valence-electron chi connectivity index (χ1n) is 12.5. The fraction of sp³-hybridized carbons (Fsp3) is 0.370. The zero-order valence-electron chi connectivity index (χ0n) is 20.4. The van der Waals surface area contributed by atoms with Crippen LogP contribution in [0.5, 0.6) is 0 Å². The zero-order chi connectivity index (χ0) is 25.8. The number of amides is 2. The van der Waals surface area contributed by atoms with E-state index in [0.29, 0.717) is 24.4 Å². The van der Waals surface area contributed by atoms with E-state index in [1.165, 1.54) is 23.3 Å². The summed E-state index contributed by atoms with van der Waals surface area (Å²) in [5, 5.41) is 12.2. The van der Waals surface area contributed by atoms with Crippen LogP contribution in [0.1, 0.15) is 28.8 Å². The Bertz CT molecular complexity index is 1560. The third-order valence-electron chi connectivity index (χ3n) is 7.46. The monoisotopic (exact) mass is 567 g/mol. The van der Waals surface area contributed by atoms with E-state index >= 15 is 0 Å². The van der Waals surface area contributed by atoms with Gasteiger partial charge in [-0.05, 0) is 61.1 Å². The molecule has 2 aliphatic rings. The topological polar surface area (TPSA) is 92.4 Å². The summed E-state index contributed by atoms with van der Waals surface area (Å²) in [6.45, 7) is 0.466. The molecule has 6 rings (SSSR count). The van der Waals surface area contributed by atoms with E-state index in [4.69, 9.17) is 10.1 Å². The van der Waals surface area contributed by atoms with Gasteiger partial charge in [-0.2, -0.15) is 0 Å². The molecule has 1 saturated carbocycles. The van der Waals surface area contributed by atoms with Gasteiger partial charge in [-0.15, -0.1) is 0 Å². The Morgan fingerprint density at radius 1 is 1.24 bits per heavy atom. The molecule has 1 atom stereocenters. The van der Waals surface area contributed by atoms with Crippen LogP contribution in [0.3, 0.4) is 0 Å². The summed E-state index contributed by atoms with van der Waals surface area (Å²) in [6.07, 6.45) is 1.79. The zero-order valence-corrected chi connectivity index (χ0v) is 22.0. The molecule has 1 aliphatic heterocycles. The highest BCUT2D eigenvalue weighted by atomic mass is 79.9. The van der Waals surface area contributed by atoms with Gasteiger partial charge in [-0.1, -0.05) is 22.0 Å². The number of benzene rings is 2. The predicted octanol–water partition coefficient (Wildman–Crippen LogP) is 4.97. The lowest BCUT2D eigenvalue weighted by atomic mass is 9.97. The predicted molar refractivity (Wildman–Crippen MR) is 143 cm³/mol. The van der Waals surface area contributed by atoms with Crippen molar-refractivity contribution in [1.82, 2.24) is 24.3 Å². The fourth-order valence-corrected chi connectivity index (χ4v) is 5.71. The molecule has 37 heavy (non-hydrogen) atoms. The molecule has 0 saturated heterocycles. The van der Waals surface area contributed by atoms with Crippen LogP contribution in [-0.4, -0.2) is 61.9 Å². The van der Waals surface area contributed by atoms with Crippen molar-refractivity contribution in [3.05, 3.63) is 52.0 Å². The summed E-state index contributed by atoms with van der Waals surface area (Å²) in [5.74, 6) is 1.30. The molecule has 0 bridgehead atoms. The highest BCUT2D eigenvalue weighted by Gasteiger charge is 2.29. The second-order valence-electron chi connectivity index (χ2n) is 10.1. The number of aryl methyl sites for hydroxylation is 1. The molecule has 0 radical (unpaired) electrons. The average Bonchev–Trinajstić information content (AvgIpc) is 3.55. The number of carbonyl (C=O) groups is 2. The highest BCUT2D eigenvalue weighted by molar-refractivity contribution is 9.10. The third kappa shape index (κ3) is 4.37. The number of fused-ring (bicyclic) bond motifs is 3. The van der Waals surface area contributed by atoms with Crippen molar-refractivity contribution in [3.8, 4) is 11.5 Å². The number of imidazole rings is 1. The standard InChI is InChI=1S/C27H27BrFN5O3/c1-32-23-8-16-6-7-33(14-19(12-29)30-27(36)37)26(35)20(16)11-21(23)31-25(32)24-9-17-4-5-18(28)10-22(17)34(24)13-15-2-3-15/h4-5,8-11,15,19,30H,2-3,6-7,12-14H2,1H3,(H,36,37)/t19-/m1/s1. The van der Waals surface area contributed by atoms with Crippen LogP contribution >= 0.6 is 15.9 Å². The average molecular weight is 568 g/mol. The van der Waals surface area contributed by atoms with Crippen LogP contribution in [-0.2, 0) is 20.0 Å². The molecular weight excluding hydrogens is 541 g/mol. The van der Waals surface area contributed by atoms with Crippen molar-refractivity contribution >= 4 is 49.9 Å². The van der Waals surface area contributed by atoms with Crippen molar-refractivity contribution in [1.29, 1.82) is 0 Å². The highest BCUT2D eigenvalue weighted by Crippen LogP contribution is 2.37. The van der Waals surface area contributed by atoms with Gasteiger partial charge in [0.15, 0.2) is 5.82 Å². The van der Waals surface area contributed by atoms with Crippen LogP contribution in [0.4, 0.5) is 9.18 Å². The van der Waals surface area contributed by atoms with E-state index < -0.39 is 18.8 Å². The molecule has 2 aromatic carbocycles. The van der Waals surface area contributed by atoms with Gasteiger partial charge in [-0.3, -0.25) is 4.79 Å². The van der Waals surface area contributed by atoms with Crippen molar-refractivity contribution in [2.75, 3.05) is 19.8 Å². The van der Waals surface area contributed by atoms with Gasteiger partial charge in [0.25, 0.3) is 5.91 Å². The molecular formula is C27H27BrFN5O3. The minimum absolute atomic E-state index is 0.0105. The van der Waals surface area contributed by atoms with Gasteiger partial charge in [0.05, 0.1) is 22.8 Å². The van der Waals surface area contributed by atoms with Crippen molar-refractivity contribution in [3.63, 3.8) is 0 Å². The number of hydrogen-bond donors (Lipinski definition) is 2. The second kappa shape index (κ2) is 9.16. The van der Waals surface area contributed by atoms with Crippen molar-refractivity contribution in [2.45, 2.75) is 31.8 Å². The smallest absolute Gasteiger partial charge is 0.405 e. The Morgan fingerprint density at radius 2 is 2.05 bits per heavy atom. The van der Waals surface area contributed by atoms with Crippen LogP contribution in [0, 0.1) is 5.92 Å². The van der Waals surface area contributed by atoms with Crippen LogP contribution in [0.25, 0.3) is 33.5 Å². The maximum atomic E-state index is 13.3. The molecule has 10 heteroatoms. The molecule has 1 fully saturated rings. The van der Waals surface area contributed by atoms with Gasteiger partial charge < -0.3 is 24.5 Å². The molecule has 3 heterocycles. The summed E-state index contributed by atoms with van der Waals surface area (Å²) >= 11 is 3.61. The minimum atomic E-state index is -1.30. The Balaban J connectivity index is 1.39. The quantitative estimate of drug-likeness (QED) is 0.329. The van der Waals surface area contributed by atoms with Crippen molar-refractivity contribution < 1.29 is 19.1 Å². The molecule has 4 aromatic rings. The summed E-state index contributed by atoms with van der Waals surface area (Å²) in [5.41, 5.74) is 5.36. The fourth-order valence-electron chi connectivity index (χ4n) is 5.36. The molecule has 1 aliphatic carbocycles. The number of hydrogen-bond acceptors (Lipinski definition) is 3. The lowest BCUT2D eigenvalue weighted by molar-refractivity contribution is 0.0714. The SMILES string of the molecule is Cn1c(-c2cc3ccc(Br)cc3n2CC2CC2)nc2cc3c(cc21)CCN(C[C@@H](CF)NC(=O)O)C3=O. The Hall–Kier alpha value is -3.40. The summed E-state index contributed by atoms with van der Waals surface area (Å²) in [4.78, 5) is 30.7. The number of alkyl halides is 1. The molecule has 8 nitrogen and oxygen atoms in total. The van der Waals surface area contributed by atoms with Crippen LogP contribution in [0.2, 0.25) is 0 Å². The number of nitrogens with zero attached hydrogens (tertiary/aromatic N) is 4. The molecule has 2 N–H and O–H groups in total. The van der Waals surface area contributed by atoms with E-state index in [9.17, 15) is 14.0 Å². The molecule has 0 unspecified atom stereocenters. The molecule has 192 valence electrons. The molecule has 2 aromatic heterocycles. The Kier molecular flexibility index (Phi) is 5.94. The normalized spacial score (nSPS) is 16.4. The van der Waals surface area contributed by atoms with Crippen LogP contribution in [0.15, 0.2) is 40.9 Å². The van der Waals surface area contributed by atoms with E-state index in [1.54, 1.807) is 0 Å². The number of aromatic nitrogens is 3. The molecule has 2 amide bonds. The van der Waals surface area contributed by atoms with Gasteiger partial charge >= 0.3 is 6.09 Å². The number of carboxylic acid groups (broad SMARTS) is 1. The van der Waals surface area contributed by atoms with Crippen molar-refractivity contribution in [2.24, 2.45) is 13.0 Å². The number of halogens is 2. The first-order chi connectivity index (χ1) is 17.8. The lowest BCUT2D eigenvalue weighted by Gasteiger charge is -2.31. The maximum absolute atomic E-state index is 13.3. The van der Waals surface area contributed by atoms with E-state index in [0.717, 1.165) is 44.5 Å². The van der Waals surface area contributed by atoms with Gasteiger partial charge in [0, 0.05) is 47.6 Å².